The summed E-state index contributed by atoms with van der Waals surface area (Å²) in [5.74, 6) is 1.19. The van der Waals surface area contributed by atoms with Crippen molar-refractivity contribution in [2.75, 3.05) is 19.5 Å². The van der Waals surface area contributed by atoms with Crippen molar-refractivity contribution in [3.8, 4) is 11.5 Å². The Labute approximate surface area is 92.9 Å². The fourth-order valence-electron chi connectivity index (χ4n) is 1.14. The highest BCUT2D eigenvalue weighted by Crippen LogP contribution is 2.37. The van der Waals surface area contributed by atoms with E-state index in [1.807, 2.05) is 0 Å². The van der Waals surface area contributed by atoms with Crippen LogP contribution >= 0.6 is 15.9 Å². The van der Waals surface area contributed by atoms with E-state index < -0.39 is 11.2 Å². The summed E-state index contributed by atoms with van der Waals surface area (Å²) in [5.41, 5.74) is 0. The molecule has 0 amide bonds. The fourth-order valence-corrected chi connectivity index (χ4v) is 2.25. The van der Waals surface area contributed by atoms with Gasteiger partial charge in [0.25, 0.3) is 0 Å². The summed E-state index contributed by atoms with van der Waals surface area (Å²) < 4.78 is 22.5. The molecule has 0 spiro atoms. The molecule has 1 aromatic heterocycles. The number of fused-ring (bicyclic) bond motifs is 1. The van der Waals surface area contributed by atoms with Crippen LogP contribution in [-0.4, -0.2) is 29.0 Å². The molecule has 0 N–H and O–H groups in total. The average Bonchev–Trinajstić information content (AvgIpc) is 2.17. The van der Waals surface area contributed by atoms with Crippen LogP contribution in [0.2, 0.25) is 0 Å². The first-order chi connectivity index (χ1) is 6.68. The third kappa shape index (κ3) is 1.82. The second kappa shape index (κ2) is 3.96. The van der Waals surface area contributed by atoms with E-state index >= 15 is 0 Å². The molecule has 4 nitrogen and oxygen atoms in total. The predicted octanol–water partition coefficient (Wildman–Crippen LogP) is 1.35. The molecule has 14 heavy (non-hydrogen) atoms. The maximum Gasteiger partial charge on any atom is 0.249 e. The lowest BCUT2D eigenvalue weighted by atomic mass is 10.4. The van der Waals surface area contributed by atoms with Crippen LogP contribution in [0.4, 0.5) is 0 Å². The number of pyridine rings is 1. The second-order valence-electron chi connectivity index (χ2n) is 2.73. The third-order valence-electron chi connectivity index (χ3n) is 1.76. The molecule has 0 saturated heterocycles. The van der Waals surface area contributed by atoms with Gasteiger partial charge in [-0.2, -0.15) is 4.98 Å². The molecule has 0 fully saturated rings. The Bertz CT molecular complexity index is 359. The lowest BCUT2D eigenvalue weighted by Gasteiger charge is -2.19. The molecule has 1 unspecified atom stereocenters. The zero-order chi connectivity index (χ0) is 10.1. The molecule has 1 aliphatic rings. The summed E-state index contributed by atoms with van der Waals surface area (Å²) in [6, 6.07) is 1.65. The molecule has 6 heteroatoms. The third-order valence-corrected chi connectivity index (χ3v) is 3.09. The second-order valence-corrected chi connectivity index (χ2v) is 4.81. The highest BCUT2D eigenvalue weighted by atomic mass is 79.9. The molecule has 1 aliphatic heterocycles. The molecule has 2 rings (SSSR count). The van der Waals surface area contributed by atoms with Gasteiger partial charge in [0.1, 0.15) is 19.5 Å². The summed E-state index contributed by atoms with van der Waals surface area (Å²) in [6.07, 6.45) is 1.57. The van der Waals surface area contributed by atoms with Gasteiger partial charge in [-0.25, -0.2) is 0 Å². The Morgan fingerprint density at radius 2 is 2.21 bits per heavy atom. The minimum absolute atomic E-state index is 0.487. The Balaban J connectivity index is 2.46. The Kier molecular flexibility index (Phi) is 2.85. The molecular formula is C8H8BrNO3S. The Morgan fingerprint density at radius 1 is 1.50 bits per heavy atom. The molecule has 1 atom stereocenters. The standard InChI is InChI=1S/C8H8BrNO3S/c1-14(11)6-4-5-7(8(9)10-6)13-3-2-12-5/h4H,2-3H2,1H3. The summed E-state index contributed by atoms with van der Waals surface area (Å²) in [4.78, 5) is 4.10. The highest BCUT2D eigenvalue weighted by molar-refractivity contribution is 9.10. The van der Waals surface area contributed by atoms with Gasteiger partial charge in [-0.1, -0.05) is 0 Å². The largest absolute Gasteiger partial charge is 0.610 e. The molecule has 1 aromatic rings. The van der Waals surface area contributed by atoms with E-state index in [2.05, 4.69) is 20.9 Å². The monoisotopic (exact) mass is 277 g/mol. The Hall–Kier alpha value is -0.460. The molecule has 76 valence electrons. The van der Waals surface area contributed by atoms with E-state index in [1.165, 1.54) is 0 Å². The minimum Gasteiger partial charge on any atom is -0.610 e. The number of hydrogen-bond acceptors (Lipinski definition) is 4. The number of halogens is 1. The van der Waals surface area contributed by atoms with Gasteiger partial charge in [-0.3, -0.25) is 0 Å². The zero-order valence-corrected chi connectivity index (χ0v) is 9.85. The van der Waals surface area contributed by atoms with Crippen molar-refractivity contribution < 1.29 is 14.0 Å². The van der Waals surface area contributed by atoms with Gasteiger partial charge in [0.15, 0.2) is 16.1 Å². The lowest BCUT2D eigenvalue weighted by molar-refractivity contribution is 0.168. The summed E-state index contributed by atoms with van der Waals surface area (Å²) >= 11 is 2.14. The zero-order valence-electron chi connectivity index (χ0n) is 7.45. The van der Waals surface area contributed by atoms with Crippen LogP contribution in [0.25, 0.3) is 0 Å². The maximum absolute atomic E-state index is 11.2. The van der Waals surface area contributed by atoms with Crippen LogP contribution in [0.3, 0.4) is 0 Å². The maximum atomic E-state index is 11.2. The number of ether oxygens (including phenoxy) is 2. The summed E-state index contributed by atoms with van der Waals surface area (Å²) in [7, 11) is 0. The van der Waals surface area contributed by atoms with Gasteiger partial charge < -0.3 is 14.0 Å². The molecule has 0 bridgehead atoms. The number of nitrogens with zero attached hydrogens (tertiary/aromatic N) is 1. The minimum atomic E-state index is -1.11. The van der Waals surface area contributed by atoms with Crippen molar-refractivity contribution in [1.29, 1.82) is 0 Å². The average molecular weight is 278 g/mol. The molecule has 0 aromatic carbocycles. The van der Waals surface area contributed by atoms with Crippen LogP contribution in [-0.2, 0) is 11.2 Å². The van der Waals surface area contributed by atoms with E-state index in [4.69, 9.17) is 9.47 Å². The van der Waals surface area contributed by atoms with E-state index in [1.54, 1.807) is 12.3 Å². The lowest BCUT2D eigenvalue weighted by Crippen LogP contribution is -2.17. The van der Waals surface area contributed by atoms with Gasteiger partial charge in [0.2, 0.25) is 5.03 Å². The fraction of sp³-hybridized carbons (Fsp3) is 0.375. The molecule has 2 heterocycles. The van der Waals surface area contributed by atoms with Crippen molar-refractivity contribution >= 4 is 27.1 Å². The van der Waals surface area contributed by atoms with Crippen LogP contribution in [0.1, 0.15) is 0 Å². The van der Waals surface area contributed by atoms with Crippen LogP contribution in [0.5, 0.6) is 11.5 Å². The SMILES string of the molecule is C[S+]([O-])c1cc2c(c(Br)n1)OCCO2. The number of aromatic nitrogens is 1. The van der Waals surface area contributed by atoms with E-state index in [9.17, 15) is 4.55 Å². The van der Waals surface area contributed by atoms with Crippen molar-refractivity contribution in [3.63, 3.8) is 0 Å². The van der Waals surface area contributed by atoms with Crippen LogP contribution in [0, 0.1) is 0 Å². The normalized spacial score (nSPS) is 16.5. The van der Waals surface area contributed by atoms with Gasteiger partial charge in [0.05, 0.1) is 6.07 Å². The van der Waals surface area contributed by atoms with Gasteiger partial charge in [-0.15, -0.1) is 0 Å². The Morgan fingerprint density at radius 3 is 2.93 bits per heavy atom. The molecule has 0 aliphatic carbocycles. The predicted molar refractivity (Wildman–Crippen MR) is 55.3 cm³/mol. The first kappa shape index (κ1) is 10.1. The smallest absolute Gasteiger partial charge is 0.249 e. The van der Waals surface area contributed by atoms with E-state index in [0.717, 1.165) is 0 Å². The van der Waals surface area contributed by atoms with Crippen molar-refractivity contribution in [1.82, 2.24) is 4.98 Å². The topological polar surface area (TPSA) is 54.4 Å². The van der Waals surface area contributed by atoms with Gasteiger partial charge >= 0.3 is 0 Å². The van der Waals surface area contributed by atoms with E-state index in [0.29, 0.717) is 34.3 Å². The van der Waals surface area contributed by atoms with Gasteiger partial charge in [-0.05, 0) is 15.9 Å². The van der Waals surface area contributed by atoms with Crippen molar-refractivity contribution in [3.05, 3.63) is 10.7 Å². The summed E-state index contributed by atoms with van der Waals surface area (Å²) in [5, 5.41) is 0.487. The molecule has 0 radical (unpaired) electrons. The first-order valence-electron chi connectivity index (χ1n) is 3.98. The first-order valence-corrected chi connectivity index (χ1v) is 6.33. The van der Waals surface area contributed by atoms with Crippen LogP contribution < -0.4 is 9.47 Å². The number of rotatable bonds is 1. The highest BCUT2D eigenvalue weighted by Gasteiger charge is 2.20. The number of hydrogen-bond donors (Lipinski definition) is 0. The van der Waals surface area contributed by atoms with Gasteiger partial charge in [0, 0.05) is 11.2 Å². The molecule has 0 saturated carbocycles. The van der Waals surface area contributed by atoms with Crippen molar-refractivity contribution in [2.45, 2.75) is 5.03 Å². The van der Waals surface area contributed by atoms with Crippen LogP contribution in [0.15, 0.2) is 15.7 Å². The quantitative estimate of drug-likeness (QED) is 0.575. The van der Waals surface area contributed by atoms with Crippen molar-refractivity contribution in [2.24, 2.45) is 0 Å². The molecular weight excluding hydrogens is 270 g/mol. The summed E-state index contributed by atoms with van der Waals surface area (Å²) in [6.45, 7) is 1.03. The van der Waals surface area contributed by atoms with E-state index in [-0.39, 0.29) is 0 Å².